The second kappa shape index (κ2) is 6.13. The van der Waals surface area contributed by atoms with Crippen molar-refractivity contribution in [2.45, 2.75) is 6.04 Å². The number of halogens is 1. The summed E-state index contributed by atoms with van der Waals surface area (Å²) in [6, 6.07) is 6.43. The Hall–Kier alpha value is -1.17. The molecule has 0 saturated carbocycles. The van der Waals surface area contributed by atoms with Crippen LogP contribution in [0.1, 0.15) is 0 Å². The van der Waals surface area contributed by atoms with Gasteiger partial charge in [0.15, 0.2) is 0 Å². The number of anilines is 1. The molecule has 1 saturated heterocycles. The first-order valence-electron chi connectivity index (χ1n) is 6.28. The van der Waals surface area contributed by atoms with E-state index in [0.717, 1.165) is 38.4 Å². The lowest BCUT2D eigenvalue weighted by Crippen LogP contribution is -2.50. The summed E-state index contributed by atoms with van der Waals surface area (Å²) in [6.07, 6.45) is 0. The Morgan fingerprint density at radius 3 is 2.33 bits per heavy atom. The van der Waals surface area contributed by atoms with Crippen molar-refractivity contribution in [1.82, 2.24) is 4.90 Å². The van der Waals surface area contributed by atoms with Crippen molar-refractivity contribution >= 4 is 5.69 Å². The monoisotopic (exact) mass is 253 g/mol. The van der Waals surface area contributed by atoms with Crippen molar-refractivity contribution in [2.24, 2.45) is 5.73 Å². The highest BCUT2D eigenvalue weighted by atomic mass is 19.1. The lowest BCUT2D eigenvalue weighted by atomic mass is 10.2. The third-order valence-electron chi connectivity index (χ3n) is 3.29. The zero-order valence-corrected chi connectivity index (χ0v) is 10.4. The van der Waals surface area contributed by atoms with Gasteiger partial charge in [-0.15, -0.1) is 0 Å². The topological polar surface area (TPSA) is 52.7 Å². The van der Waals surface area contributed by atoms with Gasteiger partial charge < -0.3 is 15.7 Å². The summed E-state index contributed by atoms with van der Waals surface area (Å²) < 4.78 is 12.8. The first-order chi connectivity index (χ1) is 8.69. The van der Waals surface area contributed by atoms with Gasteiger partial charge in [-0.05, 0) is 24.3 Å². The zero-order valence-electron chi connectivity index (χ0n) is 10.4. The number of benzene rings is 1. The first kappa shape index (κ1) is 13.3. The standard InChI is InChI=1S/C13H20FN3O/c14-11-1-3-13(4-2-11)17-7-5-16(6-8-17)9-12(15)10-18/h1-4,12,18H,5-10,15H2. The average molecular weight is 253 g/mol. The Kier molecular flexibility index (Phi) is 4.52. The Morgan fingerprint density at radius 1 is 1.17 bits per heavy atom. The number of aliphatic hydroxyl groups is 1. The van der Waals surface area contributed by atoms with Crippen molar-refractivity contribution in [2.75, 3.05) is 44.2 Å². The Balaban J connectivity index is 1.84. The molecule has 1 unspecified atom stereocenters. The molecule has 2 rings (SSSR count). The van der Waals surface area contributed by atoms with E-state index >= 15 is 0 Å². The highest BCUT2D eigenvalue weighted by Crippen LogP contribution is 2.16. The quantitative estimate of drug-likeness (QED) is 0.808. The molecule has 1 aromatic rings. The summed E-state index contributed by atoms with van der Waals surface area (Å²) in [5.74, 6) is -0.202. The smallest absolute Gasteiger partial charge is 0.123 e. The van der Waals surface area contributed by atoms with Gasteiger partial charge in [0.25, 0.3) is 0 Å². The fourth-order valence-corrected chi connectivity index (χ4v) is 2.23. The lowest BCUT2D eigenvalue weighted by Gasteiger charge is -2.36. The Morgan fingerprint density at radius 2 is 1.78 bits per heavy atom. The Bertz CT molecular complexity index is 363. The highest BCUT2D eigenvalue weighted by Gasteiger charge is 2.18. The number of hydrogen-bond donors (Lipinski definition) is 2. The van der Waals surface area contributed by atoms with Crippen LogP contribution in [0.25, 0.3) is 0 Å². The van der Waals surface area contributed by atoms with E-state index in [-0.39, 0.29) is 18.5 Å². The van der Waals surface area contributed by atoms with Crippen LogP contribution in [-0.2, 0) is 0 Å². The summed E-state index contributed by atoms with van der Waals surface area (Å²) in [7, 11) is 0. The second-order valence-electron chi connectivity index (χ2n) is 4.71. The maximum absolute atomic E-state index is 12.8. The molecule has 1 aromatic carbocycles. The van der Waals surface area contributed by atoms with Gasteiger partial charge in [0, 0.05) is 44.5 Å². The van der Waals surface area contributed by atoms with Crippen LogP contribution in [0.4, 0.5) is 10.1 Å². The largest absolute Gasteiger partial charge is 0.395 e. The van der Waals surface area contributed by atoms with E-state index in [4.69, 9.17) is 10.8 Å². The molecule has 1 fully saturated rings. The number of nitrogens with zero attached hydrogens (tertiary/aromatic N) is 2. The number of aliphatic hydroxyl groups excluding tert-OH is 1. The van der Waals surface area contributed by atoms with E-state index in [2.05, 4.69) is 9.80 Å². The molecule has 1 aliphatic rings. The number of piperazine rings is 1. The van der Waals surface area contributed by atoms with Gasteiger partial charge >= 0.3 is 0 Å². The molecular weight excluding hydrogens is 233 g/mol. The molecule has 3 N–H and O–H groups in total. The van der Waals surface area contributed by atoms with Crippen LogP contribution >= 0.6 is 0 Å². The number of rotatable bonds is 4. The molecule has 0 amide bonds. The maximum atomic E-state index is 12.8. The summed E-state index contributed by atoms with van der Waals surface area (Å²) in [5.41, 5.74) is 6.78. The molecular formula is C13H20FN3O. The van der Waals surface area contributed by atoms with Crippen molar-refractivity contribution < 1.29 is 9.50 Å². The lowest BCUT2D eigenvalue weighted by molar-refractivity contribution is 0.194. The molecule has 0 spiro atoms. The van der Waals surface area contributed by atoms with Gasteiger partial charge in [-0.3, -0.25) is 4.90 Å². The summed E-state index contributed by atoms with van der Waals surface area (Å²) in [6.45, 7) is 4.41. The molecule has 4 nitrogen and oxygen atoms in total. The normalized spacial score (nSPS) is 18.9. The van der Waals surface area contributed by atoms with Gasteiger partial charge in [-0.1, -0.05) is 0 Å². The third kappa shape index (κ3) is 3.41. The second-order valence-corrected chi connectivity index (χ2v) is 4.71. The molecule has 0 radical (unpaired) electrons. The summed E-state index contributed by atoms with van der Waals surface area (Å²) in [5, 5.41) is 8.92. The predicted molar refractivity (Wildman–Crippen MR) is 70.1 cm³/mol. The van der Waals surface area contributed by atoms with E-state index < -0.39 is 0 Å². The fourth-order valence-electron chi connectivity index (χ4n) is 2.23. The summed E-state index contributed by atoms with van der Waals surface area (Å²) >= 11 is 0. The van der Waals surface area contributed by atoms with Gasteiger partial charge in [-0.2, -0.15) is 0 Å². The SMILES string of the molecule is NC(CO)CN1CCN(c2ccc(F)cc2)CC1. The molecule has 18 heavy (non-hydrogen) atoms. The van der Waals surface area contributed by atoms with Crippen LogP contribution in [0.3, 0.4) is 0 Å². The minimum absolute atomic E-state index is 0.0260. The van der Waals surface area contributed by atoms with Gasteiger partial charge in [0.1, 0.15) is 5.82 Å². The molecule has 5 heteroatoms. The summed E-state index contributed by atoms with van der Waals surface area (Å²) in [4.78, 5) is 4.49. The molecule has 1 heterocycles. The van der Waals surface area contributed by atoms with Crippen LogP contribution in [0.15, 0.2) is 24.3 Å². The van der Waals surface area contributed by atoms with Crippen LogP contribution in [0, 0.1) is 5.82 Å². The van der Waals surface area contributed by atoms with Crippen LogP contribution in [-0.4, -0.2) is 55.4 Å². The molecule has 1 aliphatic heterocycles. The third-order valence-corrected chi connectivity index (χ3v) is 3.29. The predicted octanol–water partition coefficient (Wildman–Crippen LogP) is 0.267. The van der Waals surface area contributed by atoms with E-state index in [1.165, 1.54) is 12.1 Å². The number of hydrogen-bond acceptors (Lipinski definition) is 4. The molecule has 0 aliphatic carbocycles. The molecule has 100 valence electrons. The van der Waals surface area contributed by atoms with E-state index in [1.54, 1.807) is 0 Å². The van der Waals surface area contributed by atoms with Crippen molar-refractivity contribution in [3.63, 3.8) is 0 Å². The van der Waals surface area contributed by atoms with Crippen molar-refractivity contribution in [3.05, 3.63) is 30.1 Å². The minimum Gasteiger partial charge on any atom is -0.395 e. The molecule has 0 bridgehead atoms. The zero-order chi connectivity index (χ0) is 13.0. The minimum atomic E-state index is -0.202. The molecule has 0 aromatic heterocycles. The molecule has 1 atom stereocenters. The van der Waals surface area contributed by atoms with Gasteiger partial charge in [-0.25, -0.2) is 4.39 Å². The maximum Gasteiger partial charge on any atom is 0.123 e. The van der Waals surface area contributed by atoms with Crippen molar-refractivity contribution in [1.29, 1.82) is 0 Å². The highest BCUT2D eigenvalue weighted by molar-refractivity contribution is 5.46. The Labute approximate surface area is 107 Å². The fraction of sp³-hybridized carbons (Fsp3) is 0.538. The van der Waals surface area contributed by atoms with E-state index in [0.29, 0.717) is 0 Å². The van der Waals surface area contributed by atoms with Crippen LogP contribution in [0.2, 0.25) is 0 Å². The van der Waals surface area contributed by atoms with Crippen LogP contribution < -0.4 is 10.6 Å². The average Bonchev–Trinajstić information content (AvgIpc) is 2.40. The van der Waals surface area contributed by atoms with E-state index in [9.17, 15) is 4.39 Å². The van der Waals surface area contributed by atoms with Crippen LogP contribution in [0.5, 0.6) is 0 Å². The van der Waals surface area contributed by atoms with Gasteiger partial charge in [0.2, 0.25) is 0 Å². The number of nitrogens with two attached hydrogens (primary N) is 1. The van der Waals surface area contributed by atoms with E-state index in [1.807, 2.05) is 12.1 Å². The van der Waals surface area contributed by atoms with Crippen molar-refractivity contribution in [3.8, 4) is 0 Å². The first-order valence-corrected chi connectivity index (χ1v) is 6.28. The van der Waals surface area contributed by atoms with Gasteiger partial charge in [0.05, 0.1) is 6.61 Å².